The number of halogens is 5. The quantitative estimate of drug-likeness (QED) is 0.549. The minimum atomic E-state index is -1.04. The lowest BCUT2D eigenvalue weighted by atomic mass is 10.6. The molecule has 0 saturated heterocycles. The zero-order valence-corrected chi connectivity index (χ0v) is 8.58. The van der Waals surface area contributed by atoms with Gasteiger partial charge in [-0.25, -0.2) is 0 Å². The van der Waals surface area contributed by atoms with Gasteiger partial charge in [0.25, 0.3) is 0 Å². The van der Waals surface area contributed by atoms with E-state index in [0.717, 1.165) is 0 Å². The summed E-state index contributed by atoms with van der Waals surface area (Å²) >= 11 is 25.3. The highest BCUT2D eigenvalue weighted by Gasteiger charge is 2.14. The smallest absolute Gasteiger partial charge is 0.109 e. The zero-order chi connectivity index (χ0) is 7.91. The molecular weight excluding hydrogens is 225 g/mol. The van der Waals surface area contributed by atoms with Crippen molar-refractivity contribution in [2.24, 2.45) is 0 Å². The molecule has 0 aromatic carbocycles. The lowest BCUT2D eigenvalue weighted by Gasteiger charge is -2.02. The molecule has 0 aliphatic carbocycles. The molecule has 0 saturated carbocycles. The number of hydrogen-bond acceptors (Lipinski definition) is 0. The topological polar surface area (TPSA) is 0 Å². The van der Waals surface area contributed by atoms with Crippen LogP contribution in [0.25, 0.3) is 0 Å². The van der Waals surface area contributed by atoms with E-state index in [1.54, 1.807) is 0 Å². The maximum atomic E-state index is 5.25. The van der Waals surface area contributed by atoms with Crippen LogP contribution in [0.4, 0.5) is 0 Å². The standard InChI is InChI=1S/C3H5Cl3.CH2Cl2/c1-2-3(4,5)6;2-1-3/h2H2,1H3;1H2. The van der Waals surface area contributed by atoms with Gasteiger partial charge in [0.15, 0.2) is 3.79 Å². The largest absolute Gasteiger partial charge is 0.190 e. The van der Waals surface area contributed by atoms with Crippen LogP contribution in [-0.2, 0) is 0 Å². The Morgan fingerprint density at radius 1 is 1.11 bits per heavy atom. The molecule has 58 valence electrons. The summed E-state index contributed by atoms with van der Waals surface area (Å²) in [7, 11) is 0. The second kappa shape index (κ2) is 7.56. The summed E-state index contributed by atoms with van der Waals surface area (Å²) in [5.41, 5.74) is 0. The lowest BCUT2D eigenvalue weighted by molar-refractivity contribution is 0.974. The summed E-state index contributed by atoms with van der Waals surface area (Å²) in [4.78, 5) is 0. The minimum absolute atomic E-state index is 0.194. The van der Waals surface area contributed by atoms with Gasteiger partial charge >= 0.3 is 0 Å². The summed E-state index contributed by atoms with van der Waals surface area (Å²) in [5.74, 6) is 0. The molecule has 9 heavy (non-hydrogen) atoms. The fourth-order valence-electron chi connectivity index (χ4n) is 0. The molecule has 0 aromatic rings. The Hall–Kier alpha value is 1.45. The van der Waals surface area contributed by atoms with Crippen LogP contribution in [0.1, 0.15) is 13.3 Å². The van der Waals surface area contributed by atoms with E-state index in [4.69, 9.17) is 58.0 Å². The van der Waals surface area contributed by atoms with Crippen LogP contribution in [0.5, 0.6) is 0 Å². The lowest BCUT2D eigenvalue weighted by Crippen LogP contribution is -1.95. The first kappa shape index (κ1) is 13.1. The van der Waals surface area contributed by atoms with Gasteiger partial charge in [0.05, 0.1) is 5.34 Å². The van der Waals surface area contributed by atoms with Gasteiger partial charge in [-0.05, 0) is 6.42 Å². The molecule has 0 heterocycles. The van der Waals surface area contributed by atoms with Crippen molar-refractivity contribution in [1.82, 2.24) is 0 Å². The molecule has 0 aliphatic rings. The molecule has 0 nitrogen and oxygen atoms in total. The molecule has 0 amide bonds. The fraction of sp³-hybridized carbons (Fsp3) is 1.00. The third-order valence-corrected chi connectivity index (χ3v) is 1.20. The molecule has 0 fully saturated rings. The molecule has 0 aliphatic heterocycles. The van der Waals surface area contributed by atoms with Crippen molar-refractivity contribution >= 4 is 58.0 Å². The summed E-state index contributed by atoms with van der Waals surface area (Å²) in [6, 6.07) is 0. The molecule has 0 unspecified atom stereocenters. The molecule has 5 heteroatoms. The Kier molecular flexibility index (Phi) is 11.0. The second-order valence-corrected chi connectivity index (χ2v) is 4.39. The molecule has 0 atom stereocenters. The number of hydrogen-bond donors (Lipinski definition) is 0. The zero-order valence-electron chi connectivity index (χ0n) is 4.80. The molecule has 0 radical (unpaired) electrons. The predicted molar refractivity (Wildman–Crippen MR) is 47.2 cm³/mol. The van der Waals surface area contributed by atoms with Gasteiger partial charge in [0.1, 0.15) is 0 Å². The molecular formula is C4H7Cl5. The van der Waals surface area contributed by atoms with Gasteiger partial charge in [-0.2, -0.15) is 0 Å². The summed E-state index contributed by atoms with van der Waals surface area (Å²) < 4.78 is -1.04. The maximum absolute atomic E-state index is 5.25. The van der Waals surface area contributed by atoms with E-state index >= 15 is 0 Å². The predicted octanol–water partition coefficient (Wildman–Crippen LogP) is 4.19. The monoisotopic (exact) mass is 230 g/mol. The van der Waals surface area contributed by atoms with Crippen molar-refractivity contribution in [2.75, 3.05) is 5.34 Å². The SMILES string of the molecule is CCC(Cl)(Cl)Cl.ClCCl. The Morgan fingerprint density at radius 2 is 1.22 bits per heavy atom. The van der Waals surface area contributed by atoms with Crippen molar-refractivity contribution in [3.63, 3.8) is 0 Å². The molecule has 0 spiro atoms. The third kappa shape index (κ3) is 26.5. The minimum Gasteiger partial charge on any atom is -0.109 e. The highest BCUT2D eigenvalue weighted by molar-refractivity contribution is 6.67. The van der Waals surface area contributed by atoms with Crippen LogP contribution in [0.15, 0.2) is 0 Å². The first-order valence-corrected chi connectivity index (χ1v) is 4.37. The maximum Gasteiger partial charge on any atom is 0.190 e. The average Bonchev–Trinajstić information content (AvgIpc) is 1.67. The van der Waals surface area contributed by atoms with Crippen LogP contribution in [0, 0.1) is 0 Å². The van der Waals surface area contributed by atoms with Crippen molar-refractivity contribution in [3.05, 3.63) is 0 Å². The Labute approximate surface area is 80.4 Å². The highest BCUT2D eigenvalue weighted by Crippen LogP contribution is 2.28. The van der Waals surface area contributed by atoms with Crippen LogP contribution in [-0.4, -0.2) is 9.13 Å². The van der Waals surface area contributed by atoms with Gasteiger partial charge < -0.3 is 0 Å². The first-order chi connectivity index (χ1) is 3.97. The molecule has 0 N–H and O–H groups in total. The normalized spacial score (nSPS) is 10.0. The molecule has 0 bridgehead atoms. The van der Waals surface area contributed by atoms with E-state index in [-0.39, 0.29) is 5.34 Å². The van der Waals surface area contributed by atoms with E-state index in [1.807, 2.05) is 6.92 Å². The fourth-order valence-corrected chi connectivity index (χ4v) is 0. The van der Waals surface area contributed by atoms with E-state index in [2.05, 4.69) is 0 Å². The third-order valence-electron chi connectivity index (χ3n) is 0.401. The summed E-state index contributed by atoms with van der Waals surface area (Å²) in [6.07, 6.45) is 0.567. The van der Waals surface area contributed by atoms with Crippen LogP contribution in [0.2, 0.25) is 0 Å². The Morgan fingerprint density at radius 3 is 1.22 bits per heavy atom. The highest BCUT2D eigenvalue weighted by atomic mass is 35.6. The van der Waals surface area contributed by atoms with Crippen LogP contribution in [0.3, 0.4) is 0 Å². The van der Waals surface area contributed by atoms with Crippen LogP contribution >= 0.6 is 58.0 Å². The van der Waals surface area contributed by atoms with Crippen molar-refractivity contribution in [2.45, 2.75) is 17.1 Å². The van der Waals surface area contributed by atoms with Gasteiger partial charge in [-0.1, -0.05) is 41.7 Å². The van der Waals surface area contributed by atoms with Gasteiger partial charge in [0, 0.05) is 0 Å². The van der Waals surface area contributed by atoms with Crippen molar-refractivity contribution in [1.29, 1.82) is 0 Å². The number of alkyl halides is 5. The van der Waals surface area contributed by atoms with Gasteiger partial charge in [-0.3, -0.25) is 0 Å². The summed E-state index contributed by atoms with van der Waals surface area (Å²) in [6.45, 7) is 1.81. The average molecular weight is 232 g/mol. The van der Waals surface area contributed by atoms with E-state index in [0.29, 0.717) is 6.42 Å². The van der Waals surface area contributed by atoms with E-state index < -0.39 is 3.79 Å². The van der Waals surface area contributed by atoms with E-state index in [9.17, 15) is 0 Å². The van der Waals surface area contributed by atoms with Crippen LogP contribution < -0.4 is 0 Å². The van der Waals surface area contributed by atoms with Gasteiger partial charge in [0.2, 0.25) is 0 Å². The first-order valence-electron chi connectivity index (χ1n) is 2.16. The molecule has 0 aromatic heterocycles. The Bertz CT molecular complexity index is 47.4. The number of rotatable bonds is 0. The van der Waals surface area contributed by atoms with Crippen molar-refractivity contribution in [3.8, 4) is 0 Å². The molecule has 0 rings (SSSR count). The Balaban J connectivity index is 0. The summed E-state index contributed by atoms with van der Waals surface area (Å²) in [5, 5.41) is 0.194. The van der Waals surface area contributed by atoms with Gasteiger partial charge in [-0.15, -0.1) is 23.2 Å². The van der Waals surface area contributed by atoms with E-state index in [1.165, 1.54) is 0 Å². The second-order valence-electron chi connectivity index (χ2n) is 1.07. The van der Waals surface area contributed by atoms with Crippen molar-refractivity contribution < 1.29 is 0 Å².